The number of carbonyl (C=O) groups is 2. The van der Waals surface area contributed by atoms with Crippen LogP contribution in [-0.2, 0) is 9.59 Å². The molecule has 2 N–H and O–H groups in total. The summed E-state index contributed by atoms with van der Waals surface area (Å²) in [7, 11) is 0. The Morgan fingerprint density at radius 2 is 2.17 bits per heavy atom. The summed E-state index contributed by atoms with van der Waals surface area (Å²) in [6, 6.07) is 0. The zero-order chi connectivity index (χ0) is 9.56. The van der Waals surface area contributed by atoms with E-state index >= 15 is 0 Å². The monoisotopic (exact) mass is 169 g/mol. The second-order valence-corrected chi connectivity index (χ2v) is 2.17. The van der Waals surface area contributed by atoms with E-state index in [9.17, 15) is 9.59 Å². The lowest BCUT2D eigenvalue weighted by molar-refractivity contribution is -0.142. The maximum absolute atomic E-state index is 11.0. The number of amides is 2. The van der Waals surface area contributed by atoms with Crippen LogP contribution in [0.25, 0.3) is 4.85 Å². The summed E-state index contributed by atoms with van der Waals surface area (Å²) in [5.74, 6) is -0.850. The van der Waals surface area contributed by atoms with Gasteiger partial charge in [0.05, 0.1) is 0 Å². The summed E-state index contributed by atoms with van der Waals surface area (Å²) >= 11 is 0. The zero-order valence-electron chi connectivity index (χ0n) is 6.91. The van der Waals surface area contributed by atoms with E-state index in [1.54, 1.807) is 0 Å². The molecule has 0 heterocycles. The van der Waals surface area contributed by atoms with E-state index in [-0.39, 0.29) is 25.5 Å². The average Bonchev–Trinajstić information content (AvgIpc) is 1.99. The van der Waals surface area contributed by atoms with Crippen molar-refractivity contribution in [1.82, 2.24) is 4.90 Å². The Kier molecular flexibility index (Phi) is 4.65. The molecule has 5 heteroatoms. The van der Waals surface area contributed by atoms with Crippen LogP contribution < -0.4 is 5.73 Å². The van der Waals surface area contributed by atoms with Crippen LogP contribution in [0.3, 0.4) is 0 Å². The first-order chi connectivity index (χ1) is 5.63. The number of hydrogen-bond donors (Lipinski definition) is 1. The molecule has 0 bridgehead atoms. The van der Waals surface area contributed by atoms with Gasteiger partial charge in [-0.15, -0.1) is 0 Å². The number of nitrogens with zero attached hydrogens (tertiary/aromatic N) is 2. The summed E-state index contributed by atoms with van der Waals surface area (Å²) < 4.78 is 0. The van der Waals surface area contributed by atoms with Crippen molar-refractivity contribution in [1.29, 1.82) is 0 Å². The Balaban J connectivity index is 4.21. The lowest BCUT2D eigenvalue weighted by Gasteiger charge is -2.14. The summed E-state index contributed by atoms with van der Waals surface area (Å²) in [4.78, 5) is 25.7. The minimum absolute atomic E-state index is 0.184. The van der Waals surface area contributed by atoms with Gasteiger partial charge in [0.25, 0.3) is 6.54 Å². The predicted molar refractivity (Wildman–Crippen MR) is 42.9 cm³/mol. The van der Waals surface area contributed by atoms with Crippen LogP contribution in [0.4, 0.5) is 0 Å². The maximum atomic E-state index is 11.0. The highest BCUT2D eigenvalue weighted by Crippen LogP contribution is 1.90. The SMILES string of the molecule is [C-]#[N+]CC(=O)N(CCN)C(C)=O. The summed E-state index contributed by atoms with van der Waals surface area (Å²) in [5, 5.41) is 0. The molecule has 0 aromatic rings. The van der Waals surface area contributed by atoms with E-state index < -0.39 is 5.91 Å². The second-order valence-electron chi connectivity index (χ2n) is 2.17. The van der Waals surface area contributed by atoms with Gasteiger partial charge in [0.2, 0.25) is 5.91 Å². The van der Waals surface area contributed by atoms with Gasteiger partial charge < -0.3 is 10.6 Å². The molecule has 0 aliphatic heterocycles. The molecule has 0 unspecified atom stereocenters. The minimum atomic E-state index is -0.483. The van der Waals surface area contributed by atoms with Gasteiger partial charge in [0.1, 0.15) is 0 Å². The topological polar surface area (TPSA) is 67.8 Å². The Morgan fingerprint density at radius 1 is 1.58 bits per heavy atom. The third-order valence-corrected chi connectivity index (χ3v) is 1.25. The number of hydrogen-bond acceptors (Lipinski definition) is 3. The van der Waals surface area contributed by atoms with Gasteiger partial charge in [-0.3, -0.25) is 14.5 Å². The van der Waals surface area contributed by atoms with E-state index in [1.165, 1.54) is 6.92 Å². The van der Waals surface area contributed by atoms with Crippen LogP contribution in [0.2, 0.25) is 0 Å². The van der Waals surface area contributed by atoms with E-state index in [1.807, 2.05) is 0 Å². The van der Waals surface area contributed by atoms with Crippen molar-refractivity contribution in [2.45, 2.75) is 6.92 Å². The van der Waals surface area contributed by atoms with Crippen LogP contribution in [0, 0.1) is 6.57 Å². The standard InChI is InChI=1S/C7H11N3O2/c1-6(11)10(4-3-8)7(12)5-9-2/h3-5,8H2,1H3. The van der Waals surface area contributed by atoms with Crippen LogP contribution in [0.15, 0.2) is 0 Å². The van der Waals surface area contributed by atoms with Crippen molar-refractivity contribution in [2.75, 3.05) is 19.6 Å². The molecule has 0 aliphatic carbocycles. The molecule has 2 amide bonds. The first kappa shape index (κ1) is 10.6. The smallest absolute Gasteiger partial charge is 0.309 e. The average molecular weight is 169 g/mol. The summed E-state index contributed by atoms with van der Waals surface area (Å²) in [6.07, 6.45) is 0. The molecule has 0 spiro atoms. The van der Waals surface area contributed by atoms with E-state index in [0.29, 0.717) is 0 Å². The molecule has 0 aromatic heterocycles. The van der Waals surface area contributed by atoms with Gasteiger partial charge in [0.15, 0.2) is 0 Å². The molecule has 12 heavy (non-hydrogen) atoms. The molecule has 0 fully saturated rings. The van der Waals surface area contributed by atoms with Gasteiger partial charge in [-0.2, -0.15) is 0 Å². The Morgan fingerprint density at radius 3 is 2.50 bits per heavy atom. The molecule has 0 rings (SSSR count). The number of rotatable bonds is 3. The fraction of sp³-hybridized carbons (Fsp3) is 0.571. The number of imide groups is 1. The van der Waals surface area contributed by atoms with Gasteiger partial charge in [0, 0.05) is 20.0 Å². The molecule has 5 nitrogen and oxygen atoms in total. The number of carbonyl (C=O) groups excluding carboxylic acids is 2. The van der Waals surface area contributed by atoms with Crippen molar-refractivity contribution in [2.24, 2.45) is 5.73 Å². The molecule has 0 saturated carbocycles. The van der Waals surface area contributed by atoms with Crippen molar-refractivity contribution >= 4 is 11.8 Å². The molecule has 0 radical (unpaired) electrons. The van der Waals surface area contributed by atoms with Crippen LogP contribution in [-0.4, -0.2) is 36.3 Å². The third kappa shape index (κ3) is 3.12. The lowest BCUT2D eigenvalue weighted by atomic mass is 10.4. The van der Waals surface area contributed by atoms with Gasteiger partial charge in [-0.05, 0) is 0 Å². The second kappa shape index (κ2) is 5.27. The maximum Gasteiger partial charge on any atom is 0.309 e. The minimum Gasteiger partial charge on any atom is -0.329 e. The summed E-state index contributed by atoms with van der Waals surface area (Å²) in [5.41, 5.74) is 5.18. The number of nitrogens with two attached hydrogens (primary N) is 1. The van der Waals surface area contributed by atoms with E-state index in [2.05, 4.69) is 4.85 Å². The molecular weight excluding hydrogens is 158 g/mol. The normalized spacial score (nSPS) is 8.75. The van der Waals surface area contributed by atoms with Gasteiger partial charge in [-0.1, -0.05) is 0 Å². The first-order valence-electron chi connectivity index (χ1n) is 3.47. The van der Waals surface area contributed by atoms with Crippen molar-refractivity contribution in [3.05, 3.63) is 11.4 Å². The third-order valence-electron chi connectivity index (χ3n) is 1.25. The highest BCUT2D eigenvalue weighted by Gasteiger charge is 2.18. The van der Waals surface area contributed by atoms with Crippen molar-refractivity contribution in [3.8, 4) is 0 Å². The summed E-state index contributed by atoms with van der Waals surface area (Å²) in [6.45, 7) is 7.83. The highest BCUT2D eigenvalue weighted by molar-refractivity contribution is 5.95. The van der Waals surface area contributed by atoms with Gasteiger partial charge in [-0.25, -0.2) is 6.57 Å². The van der Waals surface area contributed by atoms with E-state index in [4.69, 9.17) is 12.3 Å². The van der Waals surface area contributed by atoms with Crippen LogP contribution >= 0.6 is 0 Å². The van der Waals surface area contributed by atoms with Crippen molar-refractivity contribution < 1.29 is 9.59 Å². The van der Waals surface area contributed by atoms with Crippen LogP contribution in [0.1, 0.15) is 6.92 Å². The lowest BCUT2D eigenvalue weighted by Crippen LogP contribution is -2.39. The predicted octanol–water partition coefficient (Wildman–Crippen LogP) is -0.761. The quantitative estimate of drug-likeness (QED) is 0.564. The fourth-order valence-electron chi connectivity index (χ4n) is 0.740. The van der Waals surface area contributed by atoms with Gasteiger partial charge >= 0.3 is 5.91 Å². The Hall–Kier alpha value is -1.41. The first-order valence-corrected chi connectivity index (χ1v) is 3.47. The molecular formula is C7H11N3O2. The molecule has 0 aromatic carbocycles. The van der Waals surface area contributed by atoms with Crippen molar-refractivity contribution in [3.63, 3.8) is 0 Å². The Bertz CT molecular complexity index is 219. The molecule has 0 saturated heterocycles. The molecule has 0 atom stereocenters. The fourth-order valence-corrected chi connectivity index (χ4v) is 0.740. The molecule has 0 aliphatic rings. The van der Waals surface area contributed by atoms with Crippen LogP contribution in [0.5, 0.6) is 0 Å². The molecule has 66 valence electrons. The zero-order valence-corrected chi connectivity index (χ0v) is 6.91. The van der Waals surface area contributed by atoms with E-state index in [0.717, 1.165) is 4.90 Å². The largest absolute Gasteiger partial charge is 0.329 e. The Labute approximate surface area is 71.0 Å². The highest BCUT2D eigenvalue weighted by atomic mass is 16.2.